The van der Waals surface area contributed by atoms with E-state index < -0.39 is 16.4 Å². The van der Waals surface area contributed by atoms with Gasteiger partial charge in [0.15, 0.2) is 0 Å². The zero-order valence-corrected chi connectivity index (χ0v) is 9.48. The van der Waals surface area contributed by atoms with E-state index in [0.717, 1.165) is 12.3 Å². The van der Waals surface area contributed by atoms with Crippen molar-refractivity contribution in [2.24, 2.45) is 5.10 Å². The zero-order valence-electron chi connectivity index (χ0n) is 8.73. The molecule has 92 valence electrons. The molecular weight excluding hydrogens is 262 g/mol. The van der Waals surface area contributed by atoms with E-state index in [1.165, 1.54) is 23.4 Å². The van der Waals surface area contributed by atoms with Crippen LogP contribution in [0.15, 0.2) is 29.9 Å². The van der Waals surface area contributed by atoms with Crippen LogP contribution in [0.25, 0.3) is 0 Å². The van der Waals surface area contributed by atoms with Crippen LogP contribution in [0.5, 0.6) is 5.75 Å². The van der Waals surface area contributed by atoms with Crippen molar-refractivity contribution in [2.45, 2.75) is 0 Å². The van der Waals surface area contributed by atoms with Crippen LogP contribution in [-0.2, 0) is 0 Å². The molecule has 9 heteroatoms. The van der Waals surface area contributed by atoms with Crippen molar-refractivity contribution in [3.63, 3.8) is 0 Å². The molecule has 2 aromatic rings. The number of nitro groups is 1. The third kappa shape index (κ3) is 2.43. The molecule has 0 aliphatic rings. The van der Waals surface area contributed by atoms with E-state index in [2.05, 4.69) is 15.3 Å². The summed E-state index contributed by atoms with van der Waals surface area (Å²) in [6.45, 7) is 0. The third-order valence-corrected chi connectivity index (χ3v) is 2.21. The monoisotopic (exact) mass is 266 g/mol. The summed E-state index contributed by atoms with van der Waals surface area (Å²) in [4.78, 5) is 9.85. The molecule has 0 saturated carbocycles. The summed E-state index contributed by atoms with van der Waals surface area (Å²) in [5.74, 6) is -0.749. The van der Waals surface area contributed by atoms with Crippen molar-refractivity contribution in [2.75, 3.05) is 0 Å². The molecule has 0 amide bonds. The number of nitrogens with zero attached hydrogens (tertiary/aromatic N) is 5. The third-order valence-electron chi connectivity index (χ3n) is 2.00. The number of benzene rings is 1. The van der Waals surface area contributed by atoms with Crippen molar-refractivity contribution in [1.29, 1.82) is 0 Å². The average Bonchev–Trinajstić information content (AvgIpc) is 2.82. The first-order valence-electron chi connectivity index (χ1n) is 4.62. The molecule has 0 atom stereocenters. The highest BCUT2D eigenvalue weighted by molar-refractivity contribution is 6.31. The number of hydrogen-bond acceptors (Lipinski definition) is 6. The topological polar surface area (TPSA) is 109 Å². The molecule has 0 aliphatic heterocycles. The van der Waals surface area contributed by atoms with Crippen LogP contribution < -0.4 is 5.11 Å². The summed E-state index contributed by atoms with van der Waals surface area (Å²) < 4.78 is 1.24. The van der Waals surface area contributed by atoms with E-state index in [1.807, 2.05) is 0 Å². The van der Waals surface area contributed by atoms with E-state index >= 15 is 0 Å². The molecule has 0 fully saturated rings. The van der Waals surface area contributed by atoms with Crippen molar-refractivity contribution >= 4 is 23.5 Å². The number of rotatable bonds is 3. The summed E-state index contributed by atoms with van der Waals surface area (Å²) in [5, 5.41) is 33.3. The van der Waals surface area contributed by atoms with Crippen LogP contribution in [-0.4, -0.2) is 26.0 Å². The fourth-order valence-corrected chi connectivity index (χ4v) is 1.44. The SMILES string of the molecule is O=[N+]([O-])c1cc(Cl)cc(/C=N\n2cnnc2)c1[O-]. The molecule has 2 rings (SSSR count). The zero-order chi connectivity index (χ0) is 13.1. The van der Waals surface area contributed by atoms with Gasteiger partial charge in [-0.3, -0.25) is 10.1 Å². The van der Waals surface area contributed by atoms with E-state index in [0.29, 0.717) is 0 Å². The summed E-state index contributed by atoms with van der Waals surface area (Å²) in [7, 11) is 0. The minimum Gasteiger partial charge on any atom is -0.867 e. The lowest BCUT2D eigenvalue weighted by Gasteiger charge is -2.10. The highest BCUT2D eigenvalue weighted by Gasteiger charge is 2.11. The molecule has 1 heterocycles. The van der Waals surface area contributed by atoms with Crippen LogP contribution in [0.2, 0.25) is 5.02 Å². The minimum absolute atomic E-state index is 0.0166. The Balaban J connectivity index is 2.42. The fourth-order valence-electron chi connectivity index (χ4n) is 1.22. The van der Waals surface area contributed by atoms with Gasteiger partial charge in [0, 0.05) is 11.1 Å². The van der Waals surface area contributed by atoms with E-state index in [9.17, 15) is 15.2 Å². The first-order valence-corrected chi connectivity index (χ1v) is 4.99. The van der Waals surface area contributed by atoms with Crippen molar-refractivity contribution in [3.05, 3.63) is 45.5 Å². The summed E-state index contributed by atoms with van der Waals surface area (Å²) >= 11 is 5.69. The summed E-state index contributed by atoms with van der Waals surface area (Å²) in [6.07, 6.45) is 3.77. The summed E-state index contributed by atoms with van der Waals surface area (Å²) in [6, 6.07) is 2.30. The lowest BCUT2D eigenvalue weighted by atomic mass is 10.2. The maximum Gasteiger partial charge on any atom is 0.263 e. The Labute approximate surface area is 105 Å². The van der Waals surface area contributed by atoms with Gasteiger partial charge >= 0.3 is 0 Å². The lowest BCUT2D eigenvalue weighted by Crippen LogP contribution is -2.02. The Bertz CT molecular complexity index is 611. The molecule has 1 aromatic heterocycles. The van der Waals surface area contributed by atoms with Crippen molar-refractivity contribution < 1.29 is 10.0 Å². The van der Waals surface area contributed by atoms with Crippen LogP contribution in [0.1, 0.15) is 5.56 Å². The van der Waals surface area contributed by atoms with Gasteiger partial charge in [0.05, 0.1) is 11.1 Å². The summed E-state index contributed by atoms with van der Waals surface area (Å²) in [5.41, 5.74) is -0.574. The Kier molecular flexibility index (Phi) is 3.20. The quantitative estimate of drug-likeness (QED) is 0.463. The van der Waals surface area contributed by atoms with Gasteiger partial charge < -0.3 is 5.11 Å². The highest BCUT2D eigenvalue weighted by atomic mass is 35.5. The Morgan fingerprint density at radius 3 is 2.67 bits per heavy atom. The molecule has 0 spiro atoms. The molecule has 0 radical (unpaired) electrons. The predicted molar refractivity (Wildman–Crippen MR) is 60.6 cm³/mol. The van der Waals surface area contributed by atoms with E-state index in [4.69, 9.17) is 11.6 Å². The molecule has 0 bridgehead atoms. The Morgan fingerprint density at radius 2 is 2.06 bits per heavy atom. The molecule has 1 aromatic carbocycles. The average molecular weight is 267 g/mol. The van der Waals surface area contributed by atoms with Gasteiger partial charge in [0.25, 0.3) is 5.69 Å². The van der Waals surface area contributed by atoms with Gasteiger partial charge in [-0.2, -0.15) is 5.10 Å². The largest absolute Gasteiger partial charge is 0.867 e. The molecule has 0 N–H and O–H groups in total. The molecule has 0 aliphatic carbocycles. The van der Waals surface area contributed by atoms with E-state index in [-0.39, 0.29) is 10.6 Å². The number of halogens is 1. The van der Waals surface area contributed by atoms with Gasteiger partial charge in [0.1, 0.15) is 12.7 Å². The molecule has 0 unspecified atom stereocenters. The predicted octanol–water partition coefficient (Wildman–Crippen LogP) is 0.795. The van der Waals surface area contributed by atoms with Gasteiger partial charge in [-0.1, -0.05) is 11.6 Å². The second kappa shape index (κ2) is 4.80. The van der Waals surface area contributed by atoms with Crippen LogP contribution in [0.4, 0.5) is 5.69 Å². The van der Waals surface area contributed by atoms with Gasteiger partial charge in [-0.05, 0) is 17.4 Å². The molecule has 8 nitrogen and oxygen atoms in total. The number of hydrogen-bond donors (Lipinski definition) is 0. The van der Waals surface area contributed by atoms with Gasteiger partial charge in [-0.15, -0.1) is 10.2 Å². The van der Waals surface area contributed by atoms with Gasteiger partial charge in [-0.25, -0.2) is 4.68 Å². The highest BCUT2D eigenvalue weighted by Crippen LogP contribution is 2.29. The van der Waals surface area contributed by atoms with Crippen molar-refractivity contribution in [3.8, 4) is 5.75 Å². The maximum absolute atomic E-state index is 11.7. The Morgan fingerprint density at radius 1 is 1.39 bits per heavy atom. The molecule has 0 saturated heterocycles. The molecule has 18 heavy (non-hydrogen) atoms. The fraction of sp³-hybridized carbons (Fsp3) is 0. The Hall–Kier alpha value is -2.48. The van der Waals surface area contributed by atoms with Crippen LogP contribution >= 0.6 is 11.6 Å². The number of nitro benzene ring substituents is 1. The lowest BCUT2D eigenvalue weighted by molar-refractivity contribution is -0.398. The second-order valence-corrected chi connectivity index (χ2v) is 3.62. The van der Waals surface area contributed by atoms with Crippen LogP contribution in [0.3, 0.4) is 0 Å². The first kappa shape index (κ1) is 12.0. The van der Waals surface area contributed by atoms with Crippen LogP contribution in [0, 0.1) is 10.1 Å². The normalized spacial score (nSPS) is 10.9. The first-order chi connectivity index (χ1) is 8.58. The second-order valence-electron chi connectivity index (χ2n) is 3.19. The van der Waals surface area contributed by atoms with Crippen molar-refractivity contribution in [1.82, 2.24) is 14.9 Å². The number of aromatic nitrogens is 3. The van der Waals surface area contributed by atoms with Gasteiger partial charge in [0.2, 0.25) is 0 Å². The van der Waals surface area contributed by atoms with E-state index in [1.54, 1.807) is 0 Å². The smallest absolute Gasteiger partial charge is 0.263 e. The molecular formula is C9H5ClN5O3-. The standard InChI is InChI=1S/C9H6ClN5O3/c10-7-1-6(3-13-14-4-11-12-5-14)9(16)8(2-7)15(17)18/h1-5,16H/p-1/b13-3-. The maximum atomic E-state index is 11.7. The minimum atomic E-state index is -0.787.